The van der Waals surface area contributed by atoms with E-state index in [1.165, 1.54) is 64.2 Å². The van der Waals surface area contributed by atoms with Crippen LogP contribution in [0.5, 0.6) is 0 Å². The lowest BCUT2D eigenvalue weighted by Gasteiger charge is -2.61. The van der Waals surface area contributed by atoms with E-state index in [-0.39, 0.29) is 12.1 Å². The van der Waals surface area contributed by atoms with E-state index in [9.17, 15) is 4.79 Å². The lowest BCUT2D eigenvalue weighted by molar-refractivity contribution is -0.160. The molecule has 0 aliphatic heterocycles. The first kappa shape index (κ1) is 23.6. The molecule has 4 rings (SSSR count). The second-order valence-electron chi connectivity index (χ2n) is 13.2. The molecule has 4 saturated carbocycles. The van der Waals surface area contributed by atoms with Crippen LogP contribution in [0, 0.1) is 52.3 Å². The number of ether oxygens (including phenoxy) is 1. The second-order valence-corrected chi connectivity index (χ2v) is 13.2. The van der Waals surface area contributed by atoms with Gasteiger partial charge in [0.25, 0.3) is 0 Å². The van der Waals surface area contributed by atoms with E-state index in [1.54, 1.807) is 6.92 Å². The molecule has 4 aliphatic rings. The minimum atomic E-state index is -0.0877. The fourth-order valence-corrected chi connectivity index (χ4v) is 9.59. The summed E-state index contributed by atoms with van der Waals surface area (Å²) in [7, 11) is 0. The van der Waals surface area contributed by atoms with E-state index in [0.717, 1.165) is 54.3 Å². The van der Waals surface area contributed by atoms with Crippen molar-refractivity contribution in [3.63, 3.8) is 0 Å². The Balaban J connectivity index is 1.43. The Morgan fingerprint density at radius 2 is 1.61 bits per heavy atom. The molecule has 0 amide bonds. The van der Waals surface area contributed by atoms with Gasteiger partial charge in [-0.05, 0) is 110 Å². The van der Waals surface area contributed by atoms with Gasteiger partial charge in [0.05, 0.1) is 0 Å². The maximum atomic E-state index is 11.5. The van der Waals surface area contributed by atoms with Crippen molar-refractivity contribution >= 4 is 5.97 Å². The molecule has 4 fully saturated rings. The topological polar surface area (TPSA) is 26.3 Å². The first-order chi connectivity index (χ1) is 14.6. The zero-order chi connectivity index (χ0) is 22.4. The molecule has 0 aromatic carbocycles. The highest BCUT2D eigenvalue weighted by atomic mass is 16.5. The van der Waals surface area contributed by atoms with E-state index in [2.05, 4.69) is 34.6 Å². The summed E-state index contributed by atoms with van der Waals surface area (Å²) in [4.78, 5) is 11.5. The Morgan fingerprint density at radius 1 is 0.903 bits per heavy atom. The van der Waals surface area contributed by atoms with Crippen LogP contribution in [0.4, 0.5) is 0 Å². The molecule has 0 heterocycles. The average Bonchev–Trinajstić information content (AvgIpc) is 3.05. The summed E-state index contributed by atoms with van der Waals surface area (Å²) in [5, 5.41) is 0. The Morgan fingerprint density at radius 3 is 2.32 bits per heavy atom. The van der Waals surface area contributed by atoms with E-state index in [1.807, 2.05) is 0 Å². The number of fused-ring (bicyclic) bond motifs is 5. The van der Waals surface area contributed by atoms with Gasteiger partial charge >= 0.3 is 5.97 Å². The minimum absolute atomic E-state index is 0.0877. The number of esters is 1. The van der Waals surface area contributed by atoms with E-state index in [0.29, 0.717) is 10.8 Å². The molecule has 0 unspecified atom stereocenters. The standard InChI is InChI=1S/C29H50O2/c1-19(2)8-7-9-20(3)25-12-13-26-24-11-10-22-18-23(31-21(4)30)14-16-28(22,5)27(24)15-17-29(25,26)6/h19-20,22-27H,7-18H2,1-6H3/t20-,22+,23-,24-,25+,26-,27-,28+,29+/m1/s1. The van der Waals surface area contributed by atoms with Crippen molar-refractivity contribution in [2.24, 2.45) is 52.3 Å². The summed E-state index contributed by atoms with van der Waals surface area (Å²) >= 11 is 0. The maximum Gasteiger partial charge on any atom is 0.302 e. The van der Waals surface area contributed by atoms with Gasteiger partial charge in [-0.15, -0.1) is 0 Å². The van der Waals surface area contributed by atoms with Crippen LogP contribution in [0.2, 0.25) is 0 Å². The minimum Gasteiger partial charge on any atom is -0.463 e. The van der Waals surface area contributed by atoms with Crippen LogP contribution in [-0.2, 0) is 9.53 Å². The molecule has 2 heteroatoms. The van der Waals surface area contributed by atoms with Crippen molar-refractivity contribution < 1.29 is 9.53 Å². The van der Waals surface area contributed by atoms with E-state index >= 15 is 0 Å². The molecule has 9 atom stereocenters. The third-order valence-corrected chi connectivity index (χ3v) is 11.2. The summed E-state index contributed by atoms with van der Waals surface area (Å²) in [6.07, 6.45) is 16.6. The molecule has 4 aliphatic carbocycles. The Bertz CT molecular complexity index is 641. The number of hydrogen-bond acceptors (Lipinski definition) is 2. The van der Waals surface area contributed by atoms with Gasteiger partial charge in [-0.1, -0.05) is 53.9 Å². The zero-order valence-electron chi connectivity index (χ0n) is 21.4. The normalized spacial score (nSPS) is 45.5. The predicted octanol–water partition coefficient (Wildman–Crippen LogP) is 8.04. The largest absolute Gasteiger partial charge is 0.463 e. The molecule has 0 saturated heterocycles. The van der Waals surface area contributed by atoms with Gasteiger partial charge in [-0.2, -0.15) is 0 Å². The van der Waals surface area contributed by atoms with Crippen LogP contribution in [0.1, 0.15) is 119 Å². The first-order valence-electron chi connectivity index (χ1n) is 13.8. The molecule has 0 spiro atoms. The number of carbonyl (C=O) groups is 1. The van der Waals surface area contributed by atoms with Crippen molar-refractivity contribution in [1.82, 2.24) is 0 Å². The van der Waals surface area contributed by atoms with Crippen LogP contribution in [0.25, 0.3) is 0 Å². The first-order valence-corrected chi connectivity index (χ1v) is 13.8. The fraction of sp³-hybridized carbons (Fsp3) is 0.966. The zero-order valence-corrected chi connectivity index (χ0v) is 21.4. The Labute approximate surface area is 192 Å². The van der Waals surface area contributed by atoms with Crippen molar-refractivity contribution in [1.29, 1.82) is 0 Å². The van der Waals surface area contributed by atoms with Gasteiger partial charge in [0.15, 0.2) is 0 Å². The summed E-state index contributed by atoms with van der Waals surface area (Å²) in [6, 6.07) is 0. The SMILES string of the molecule is CC(=O)O[C@@H]1CC[C@@]2(C)[C@@H](CC[C@H]3[C@H]2CC[C@]2(C)[C@@H]3CC[C@H]2[C@H](C)CCCC(C)C)C1. The molecule has 0 bridgehead atoms. The van der Waals surface area contributed by atoms with Gasteiger partial charge in [-0.3, -0.25) is 4.79 Å². The van der Waals surface area contributed by atoms with Crippen LogP contribution < -0.4 is 0 Å². The van der Waals surface area contributed by atoms with Crippen molar-refractivity contribution in [2.45, 2.75) is 125 Å². The number of rotatable bonds is 6. The van der Waals surface area contributed by atoms with Gasteiger partial charge in [0, 0.05) is 6.92 Å². The number of hydrogen-bond donors (Lipinski definition) is 0. The van der Waals surface area contributed by atoms with Crippen LogP contribution in [0.15, 0.2) is 0 Å². The highest BCUT2D eigenvalue weighted by Crippen LogP contribution is 2.68. The summed E-state index contributed by atoms with van der Waals surface area (Å²) in [6.45, 7) is 14.2. The van der Waals surface area contributed by atoms with Crippen LogP contribution in [0.3, 0.4) is 0 Å². The van der Waals surface area contributed by atoms with Crippen molar-refractivity contribution in [3.05, 3.63) is 0 Å². The van der Waals surface area contributed by atoms with Gasteiger partial charge in [0.1, 0.15) is 6.10 Å². The average molecular weight is 431 g/mol. The second kappa shape index (κ2) is 9.02. The third-order valence-electron chi connectivity index (χ3n) is 11.2. The predicted molar refractivity (Wildman–Crippen MR) is 129 cm³/mol. The Hall–Kier alpha value is -0.530. The maximum absolute atomic E-state index is 11.5. The van der Waals surface area contributed by atoms with E-state index < -0.39 is 0 Å². The molecule has 178 valence electrons. The smallest absolute Gasteiger partial charge is 0.302 e. The summed E-state index contributed by atoms with van der Waals surface area (Å²) < 4.78 is 5.65. The van der Waals surface area contributed by atoms with E-state index in [4.69, 9.17) is 4.74 Å². The van der Waals surface area contributed by atoms with Crippen molar-refractivity contribution in [3.8, 4) is 0 Å². The fourth-order valence-electron chi connectivity index (χ4n) is 9.59. The lowest BCUT2D eigenvalue weighted by atomic mass is 9.44. The molecular formula is C29H50O2. The van der Waals surface area contributed by atoms with Gasteiger partial charge < -0.3 is 4.74 Å². The highest BCUT2D eigenvalue weighted by molar-refractivity contribution is 5.66. The van der Waals surface area contributed by atoms with Gasteiger partial charge in [-0.25, -0.2) is 0 Å². The molecular weight excluding hydrogens is 380 g/mol. The monoisotopic (exact) mass is 430 g/mol. The molecule has 0 aromatic rings. The molecule has 0 N–H and O–H groups in total. The lowest BCUT2D eigenvalue weighted by Crippen LogP contribution is -2.54. The molecule has 0 aromatic heterocycles. The van der Waals surface area contributed by atoms with Crippen LogP contribution >= 0.6 is 0 Å². The molecule has 0 radical (unpaired) electrons. The van der Waals surface area contributed by atoms with Gasteiger partial charge in [0.2, 0.25) is 0 Å². The Kier molecular flexibility index (Phi) is 6.87. The summed E-state index contributed by atoms with van der Waals surface area (Å²) in [5.74, 6) is 6.22. The third kappa shape index (κ3) is 4.35. The van der Waals surface area contributed by atoms with Crippen LogP contribution in [-0.4, -0.2) is 12.1 Å². The highest BCUT2D eigenvalue weighted by Gasteiger charge is 2.60. The van der Waals surface area contributed by atoms with Crippen molar-refractivity contribution in [2.75, 3.05) is 0 Å². The summed E-state index contributed by atoms with van der Waals surface area (Å²) in [5.41, 5.74) is 1.08. The quantitative estimate of drug-likeness (QED) is 0.398. The molecule has 31 heavy (non-hydrogen) atoms. The molecule has 2 nitrogen and oxygen atoms in total. The number of carbonyl (C=O) groups excluding carboxylic acids is 1.